The molecule has 0 aliphatic carbocycles. The van der Waals surface area contributed by atoms with Crippen molar-refractivity contribution in [1.29, 1.82) is 0 Å². The number of aliphatic imine (C=N–C) groups is 1. The Bertz CT molecular complexity index is 1460. The van der Waals surface area contributed by atoms with E-state index in [0.29, 0.717) is 12.5 Å². The number of rotatable bonds is 4. The van der Waals surface area contributed by atoms with Crippen LogP contribution in [0.15, 0.2) is 77.1 Å². The highest BCUT2D eigenvalue weighted by Crippen LogP contribution is 2.35. The van der Waals surface area contributed by atoms with Gasteiger partial charge in [-0.05, 0) is 86.8 Å². The van der Waals surface area contributed by atoms with Crippen LogP contribution in [0.25, 0.3) is 11.4 Å². The summed E-state index contributed by atoms with van der Waals surface area (Å²) in [6, 6.07) is 15.1. The molecule has 0 saturated carbocycles. The van der Waals surface area contributed by atoms with Gasteiger partial charge < -0.3 is 10.2 Å². The van der Waals surface area contributed by atoms with E-state index >= 15 is 0 Å². The van der Waals surface area contributed by atoms with Crippen molar-refractivity contribution in [3.8, 4) is 11.4 Å². The number of benzene rings is 1. The number of aromatic nitrogens is 3. The molecule has 9 heteroatoms. The van der Waals surface area contributed by atoms with Crippen LogP contribution >= 0.6 is 0 Å². The molecular weight excluding hydrogens is 491 g/mol. The Balaban J connectivity index is 1.15. The third kappa shape index (κ3) is 4.71. The number of hydrogen-bond acceptors (Lipinski definition) is 8. The molecule has 2 atom stereocenters. The molecule has 2 fully saturated rings. The fraction of sp³-hybridized carbons (Fsp3) is 0.367. The third-order valence-corrected chi connectivity index (χ3v) is 8.15. The van der Waals surface area contributed by atoms with Crippen LogP contribution in [-0.2, 0) is 0 Å². The molecule has 0 amide bonds. The number of hydrazone groups is 1. The summed E-state index contributed by atoms with van der Waals surface area (Å²) >= 11 is 0. The maximum absolute atomic E-state index is 14.0. The molecule has 6 heterocycles. The lowest BCUT2D eigenvalue weighted by molar-refractivity contribution is 0.337. The van der Waals surface area contributed by atoms with Crippen LogP contribution in [0, 0.1) is 5.82 Å². The van der Waals surface area contributed by atoms with Crippen LogP contribution in [0.5, 0.6) is 0 Å². The predicted molar refractivity (Wildman–Crippen MR) is 149 cm³/mol. The van der Waals surface area contributed by atoms with E-state index in [4.69, 9.17) is 15.1 Å². The first-order valence-corrected chi connectivity index (χ1v) is 13.9. The van der Waals surface area contributed by atoms with E-state index in [0.717, 1.165) is 85.3 Å². The van der Waals surface area contributed by atoms with Crippen LogP contribution in [-0.4, -0.2) is 62.7 Å². The van der Waals surface area contributed by atoms with Crippen molar-refractivity contribution >= 4 is 11.7 Å². The molecule has 3 aromatic rings. The number of halogens is 1. The molecule has 8 nitrogen and oxygen atoms in total. The molecule has 4 aliphatic heterocycles. The zero-order valence-corrected chi connectivity index (χ0v) is 21.7. The Hall–Kier alpha value is -3.98. The smallest absolute Gasteiger partial charge is 0.149 e. The van der Waals surface area contributed by atoms with E-state index in [1.165, 1.54) is 6.07 Å². The monoisotopic (exact) mass is 522 g/mol. The van der Waals surface area contributed by atoms with Crippen molar-refractivity contribution in [2.24, 2.45) is 10.1 Å². The van der Waals surface area contributed by atoms with Crippen LogP contribution in [0.4, 0.5) is 4.39 Å². The van der Waals surface area contributed by atoms with E-state index in [2.05, 4.69) is 26.3 Å². The summed E-state index contributed by atoms with van der Waals surface area (Å²) in [5.74, 6) is 1.97. The lowest BCUT2D eigenvalue weighted by atomic mass is 9.94. The number of pyridine rings is 1. The average molecular weight is 523 g/mol. The van der Waals surface area contributed by atoms with Gasteiger partial charge in [0.2, 0.25) is 0 Å². The van der Waals surface area contributed by atoms with Crippen molar-refractivity contribution in [1.82, 2.24) is 30.2 Å². The number of piperidine rings is 1. The molecule has 198 valence electrons. The second kappa shape index (κ2) is 10.3. The first kappa shape index (κ1) is 24.1. The average Bonchev–Trinajstić information content (AvgIpc) is 3.65. The summed E-state index contributed by atoms with van der Waals surface area (Å²) < 4.78 is 14.0. The minimum Gasteiger partial charge on any atom is -0.348 e. The number of nitrogens with one attached hydrogen (secondary N) is 1. The highest BCUT2D eigenvalue weighted by atomic mass is 19.1. The maximum Gasteiger partial charge on any atom is 0.149 e. The van der Waals surface area contributed by atoms with Crippen molar-refractivity contribution in [3.05, 3.63) is 89.8 Å². The first-order chi connectivity index (χ1) is 19.2. The number of fused-ring (bicyclic) bond motifs is 1. The molecule has 1 aromatic carbocycles. The van der Waals surface area contributed by atoms with Gasteiger partial charge in [0.05, 0.1) is 29.7 Å². The largest absolute Gasteiger partial charge is 0.348 e. The van der Waals surface area contributed by atoms with E-state index in [-0.39, 0.29) is 17.9 Å². The first-order valence-electron chi connectivity index (χ1n) is 13.9. The zero-order valence-electron chi connectivity index (χ0n) is 21.7. The summed E-state index contributed by atoms with van der Waals surface area (Å²) in [4.78, 5) is 21.2. The third-order valence-electron chi connectivity index (χ3n) is 8.15. The summed E-state index contributed by atoms with van der Waals surface area (Å²) in [6.07, 6.45) is 9.92. The summed E-state index contributed by atoms with van der Waals surface area (Å²) in [5, 5.41) is 10.5. The molecule has 0 bridgehead atoms. The highest BCUT2D eigenvalue weighted by molar-refractivity contribution is 6.06. The molecule has 2 unspecified atom stereocenters. The number of amidine groups is 2. The molecule has 0 spiro atoms. The lowest BCUT2D eigenvalue weighted by Crippen LogP contribution is -2.36. The van der Waals surface area contributed by atoms with Gasteiger partial charge in [0, 0.05) is 18.2 Å². The van der Waals surface area contributed by atoms with Gasteiger partial charge in [-0.1, -0.05) is 18.2 Å². The summed E-state index contributed by atoms with van der Waals surface area (Å²) in [6.45, 7) is 3.52. The standard InChI is InChI=1S/C30H31FN8/c31-22-5-1-4-21(16-22)27-8-3-15-38(27)30-10-9-29-33-18-28(39(29)37-30)24-7-2-6-23(36-24)26-17-25(34-19-35-26)20-11-13-32-14-12-20/h1-2,4-7,9-10,16-17,19-20,27-28,32H,3,8,11-15,18H2. The van der Waals surface area contributed by atoms with Crippen molar-refractivity contribution in [2.75, 3.05) is 26.2 Å². The van der Waals surface area contributed by atoms with E-state index < -0.39 is 0 Å². The molecule has 7 rings (SSSR count). The fourth-order valence-electron chi connectivity index (χ4n) is 6.14. The van der Waals surface area contributed by atoms with Gasteiger partial charge in [-0.3, -0.25) is 4.99 Å². The number of likely N-dealkylation sites (tertiary alicyclic amines) is 1. The SMILES string of the molecule is Fc1cccc(C2CCCN2C2=NN3C(=NCC3c3cccc(-c4cc(C5CCNCC5)ncn4)n3)C=C2)c1. The van der Waals surface area contributed by atoms with Crippen molar-refractivity contribution < 1.29 is 4.39 Å². The summed E-state index contributed by atoms with van der Waals surface area (Å²) in [5.41, 5.74) is 4.67. The van der Waals surface area contributed by atoms with E-state index in [9.17, 15) is 4.39 Å². The van der Waals surface area contributed by atoms with Crippen LogP contribution in [0.3, 0.4) is 0 Å². The van der Waals surface area contributed by atoms with Gasteiger partial charge in [0.25, 0.3) is 0 Å². The minimum atomic E-state index is -0.202. The summed E-state index contributed by atoms with van der Waals surface area (Å²) in [7, 11) is 0. The van der Waals surface area contributed by atoms with Gasteiger partial charge >= 0.3 is 0 Å². The van der Waals surface area contributed by atoms with Crippen LogP contribution in [0.1, 0.15) is 60.6 Å². The Morgan fingerprint density at radius 1 is 0.846 bits per heavy atom. The lowest BCUT2D eigenvalue weighted by Gasteiger charge is -2.31. The molecule has 1 N–H and O–H groups in total. The predicted octanol–water partition coefficient (Wildman–Crippen LogP) is 4.62. The second-order valence-corrected chi connectivity index (χ2v) is 10.6. The quantitative estimate of drug-likeness (QED) is 0.539. The highest BCUT2D eigenvalue weighted by Gasteiger charge is 2.35. The minimum absolute atomic E-state index is 0.0964. The van der Waals surface area contributed by atoms with Crippen LogP contribution < -0.4 is 5.32 Å². The molecule has 2 saturated heterocycles. The van der Waals surface area contributed by atoms with Crippen molar-refractivity contribution in [2.45, 2.75) is 43.7 Å². The zero-order chi connectivity index (χ0) is 26.2. The van der Waals surface area contributed by atoms with Gasteiger partial charge in [0.15, 0.2) is 0 Å². The van der Waals surface area contributed by atoms with Crippen molar-refractivity contribution in [3.63, 3.8) is 0 Å². The Morgan fingerprint density at radius 2 is 1.72 bits per heavy atom. The normalized spacial score (nSPS) is 23.1. The maximum atomic E-state index is 14.0. The number of hydrogen-bond donors (Lipinski definition) is 1. The van der Waals surface area contributed by atoms with E-state index in [1.54, 1.807) is 18.5 Å². The topological polar surface area (TPSA) is 81.9 Å². The molecule has 0 radical (unpaired) electrons. The number of nitrogens with zero attached hydrogens (tertiary/aromatic N) is 7. The van der Waals surface area contributed by atoms with Gasteiger partial charge in [-0.25, -0.2) is 24.4 Å². The second-order valence-electron chi connectivity index (χ2n) is 10.6. The van der Waals surface area contributed by atoms with Crippen LogP contribution in [0.2, 0.25) is 0 Å². The molecule has 2 aromatic heterocycles. The van der Waals surface area contributed by atoms with Gasteiger partial charge in [0.1, 0.15) is 29.9 Å². The Morgan fingerprint density at radius 3 is 2.62 bits per heavy atom. The Labute approximate surface area is 227 Å². The molecule has 4 aliphatic rings. The van der Waals surface area contributed by atoms with Gasteiger partial charge in [-0.15, -0.1) is 0 Å². The molecular formula is C30H31FN8. The Kier molecular flexibility index (Phi) is 6.36. The van der Waals surface area contributed by atoms with E-state index in [1.807, 2.05) is 41.4 Å². The van der Waals surface area contributed by atoms with Gasteiger partial charge in [-0.2, -0.15) is 5.10 Å². The molecule has 39 heavy (non-hydrogen) atoms. The fourth-order valence-corrected chi connectivity index (χ4v) is 6.14.